The van der Waals surface area contributed by atoms with Crippen LogP contribution in [0, 0.1) is 0 Å². The zero-order chi connectivity index (χ0) is 7.49. The molecule has 0 aromatic heterocycles. The maximum atomic E-state index is 10.2. The van der Waals surface area contributed by atoms with E-state index in [4.69, 9.17) is 0 Å². The Morgan fingerprint density at radius 3 is 2.11 bits per heavy atom. The molecule has 1 amide bonds. The minimum atomic E-state index is -3.76. The Morgan fingerprint density at radius 1 is 1.56 bits per heavy atom. The number of sulfonamides is 1. The van der Waals surface area contributed by atoms with Gasteiger partial charge in [0.15, 0.2) is 0 Å². The molecule has 0 saturated heterocycles. The van der Waals surface area contributed by atoms with Crippen molar-refractivity contribution in [1.29, 1.82) is 0 Å². The van der Waals surface area contributed by atoms with Gasteiger partial charge in [-0.15, -0.1) is 0 Å². The molecule has 0 saturated carbocycles. The van der Waals surface area contributed by atoms with Crippen molar-refractivity contribution in [1.82, 2.24) is 4.72 Å². The van der Waals surface area contributed by atoms with E-state index < -0.39 is 16.1 Å². The van der Waals surface area contributed by atoms with Crippen LogP contribution in [0.2, 0.25) is 0 Å². The maximum Gasteiger partial charge on any atom is 0.486 e. The van der Waals surface area contributed by atoms with E-state index in [1.165, 1.54) is 6.92 Å². The lowest BCUT2D eigenvalue weighted by atomic mass is 11.0. The van der Waals surface area contributed by atoms with Crippen molar-refractivity contribution in [3.63, 3.8) is 0 Å². The molecule has 0 heterocycles. The molecule has 5 nitrogen and oxygen atoms in total. The average Bonchev–Trinajstić information content (AvgIpc) is 1.63. The van der Waals surface area contributed by atoms with Crippen LogP contribution in [0.3, 0.4) is 0 Å². The fraction of sp³-hybridized carbons (Fsp3) is 0.667. The van der Waals surface area contributed by atoms with Crippen molar-refractivity contribution in [3.8, 4) is 0 Å². The highest BCUT2D eigenvalue weighted by atomic mass is 32.2. The zero-order valence-electron chi connectivity index (χ0n) is 4.70. The molecule has 0 aromatic rings. The van der Waals surface area contributed by atoms with Gasteiger partial charge in [-0.05, 0) is 6.92 Å². The lowest BCUT2D eigenvalue weighted by molar-refractivity contribution is 0.175. The first-order valence-corrected chi connectivity index (χ1v) is 3.75. The summed E-state index contributed by atoms with van der Waals surface area (Å²) in [5.74, 6) is -0.318. The van der Waals surface area contributed by atoms with Crippen LogP contribution in [0.15, 0.2) is 0 Å². The lowest BCUT2D eigenvalue weighted by Crippen LogP contribution is -2.21. The zero-order valence-corrected chi connectivity index (χ0v) is 5.51. The molecular formula is C3H5NO4S. The Balaban J connectivity index is 4.06. The van der Waals surface area contributed by atoms with Crippen LogP contribution in [-0.2, 0) is 15.1 Å². The third-order valence-corrected chi connectivity index (χ3v) is 1.74. The predicted octanol–water partition coefficient (Wildman–Crippen LogP) is -0.509. The van der Waals surface area contributed by atoms with Gasteiger partial charge in [0.25, 0.3) is 10.0 Å². The van der Waals surface area contributed by atoms with E-state index >= 15 is 0 Å². The van der Waals surface area contributed by atoms with Crippen LogP contribution < -0.4 is 4.72 Å². The first-order chi connectivity index (χ1) is 3.98. The summed E-state index contributed by atoms with van der Waals surface area (Å²) >= 11 is 0. The summed E-state index contributed by atoms with van der Waals surface area (Å²) in [7, 11) is -3.76. The molecule has 0 unspecified atom stereocenters. The SMILES string of the molecule is CCS(=O)(=O)[N]C([O])=O. The molecule has 0 aromatic carbocycles. The second kappa shape index (κ2) is 2.67. The minimum absolute atomic E-state index is 0.318. The van der Waals surface area contributed by atoms with Crippen molar-refractivity contribution in [2.75, 3.05) is 5.75 Å². The molecule has 0 aliphatic heterocycles. The van der Waals surface area contributed by atoms with Gasteiger partial charge in [-0.2, -0.15) is 0 Å². The van der Waals surface area contributed by atoms with Crippen molar-refractivity contribution < 1.29 is 18.3 Å². The second-order valence-electron chi connectivity index (χ2n) is 1.23. The predicted molar refractivity (Wildman–Crippen MR) is 27.7 cm³/mol. The molecule has 0 bridgehead atoms. The largest absolute Gasteiger partial charge is 0.486 e. The van der Waals surface area contributed by atoms with E-state index in [0.29, 0.717) is 0 Å². The number of carbonyl (C=O) groups is 1. The summed E-state index contributed by atoms with van der Waals surface area (Å²) in [5.41, 5.74) is 0. The maximum absolute atomic E-state index is 10.2. The molecule has 0 aliphatic rings. The van der Waals surface area contributed by atoms with Crippen molar-refractivity contribution in [3.05, 3.63) is 0 Å². The Bertz CT molecular complexity index is 194. The van der Waals surface area contributed by atoms with E-state index in [1.54, 1.807) is 0 Å². The number of hydrogen-bond donors (Lipinski definition) is 0. The highest BCUT2D eigenvalue weighted by Crippen LogP contribution is 1.83. The smallest absolute Gasteiger partial charge is 0.217 e. The van der Waals surface area contributed by atoms with E-state index in [0.717, 1.165) is 0 Å². The number of hydrogen-bond acceptors (Lipinski definition) is 3. The molecule has 0 aliphatic carbocycles. The van der Waals surface area contributed by atoms with Gasteiger partial charge < -0.3 is 0 Å². The monoisotopic (exact) mass is 151 g/mol. The van der Waals surface area contributed by atoms with E-state index in [1.807, 2.05) is 0 Å². The van der Waals surface area contributed by atoms with Crippen LogP contribution in [0.4, 0.5) is 4.79 Å². The molecule has 9 heavy (non-hydrogen) atoms. The minimum Gasteiger partial charge on any atom is -0.217 e. The van der Waals surface area contributed by atoms with Crippen LogP contribution in [0.1, 0.15) is 6.92 Å². The molecule has 0 atom stereocenters. The van der Waals surface area contributed by atoms with Crippen molar-refractivity contribution in [2.24, 2.45) is 0 Å². The van der Waals surface area contributed by atoms with Gasteiger partial charge in [-0.3, -0.25) is 0 Å². The van der Waals surface area contributed by atoms with Crippen molar-refractivity contribution in [2.45, 2.75) is 6.92 Å². The summed E-state index contributed by atoms with van der Waals surface area (Å²) in [6, 6.07) is 0. The van der Waals surface area contributed by atoms with Gasteiger partial charge in [-0.1, -0.05) is 4.72 Å². The number of amides is 1. The first kappa shape index (κ1) is 8.22. The normalized spacial score (nSPS) is 10.8. The lowest BCUT2D eigenvalue weighted by Gasteiger charge is -1.90. The topological polar surface area (TPSA) is 85.2 Å². The van der Waals surface area contributed by atoms with Crippen LogP contribution in [-0.4, -0.2) is 20.3 Å². The third-order valence-electron chi connectivity index (χ3n) is 0.578. The Labute approximate surface area is 52.7 Å². The summed E-state index contributed by atoms with van der Waals surface area (Å²) < 4.78 is 22.8. The van der Waals surface area contributed by atoms with Crippen LogP contribution in [0.5, 0.6) is 0 Å². The fourth-order valence-electron chi connectivity index (χ4n) is 0.178. The summed E-state index contributed by atoms with van der Waals surface area (Å²) in [6.07, 6.45) is -1.92. The summed E-state index contributed by atoms with van der Waals surface area (Å²) in [4.78, 5) is 9.52. The third kappa shape index (κ3) is 3.77. The van der Waals surface area contributed by atoms with Gasteiger partial charge in [0.05, 0.1) is 5.75 Å². The Morgan fingerprint density at radius 2 is 2.00 bits per heavy atom. The molecular weight excluding hydrogens is 146 g/mol. The fourth-order valence-corrected chi connectivity index (χ4v) is 0.534. The van der Waals surface area contributed by atoms with Crippen LogP contribution in [0.25, 0.3) is 0 Å². The number of carbonyl (C=O) groups excluding carboxylic acids is 1. The molecule has 0 fully saturated rings. The molecule has 6 heteroatoms. The molecule has 0 N–H and O–H groups in total. The van der Waals surface area contributed by atoms with E-state index in [2.05, 4.69) is 4.72 Å². The van der Waals surface area contributed by atoms with E-state index in [9.17, 15) is 18.3 Å². The first-order valence-electron chi connectivity index (χ1n) is 2.14. The standard InChI is InChI=1S/C3H5NO4S/c1-2-9(7,8)4-3(5)6/h2H2,1H3. The Kier molecular flexibility index (Phi) is 2.44. The average molecular weight is 151 g/mol. The van der Waals surface area contributed by atoms with Crippen molar-refractivity contribution >= 4 is 16.1 Å². The Hall–Kier alpha value is -0.780. The van der Waals surface area contributed by atoms with Gasteiger partial charge in [0, 0.05) is 0 Å². The molecule has 52 valence electrons. The quantitative estimate of drug-likeness (QED) is 0.532. The van der Waals surface area contributed by atoms with Gasteiger partial charge in [0.1, 0.15) is 0 Å². The van der Waals surface area contributed by atoms with Gasteiger partial charge >= 0.3 is 6.09 Å². The van der Waals surface area contributed by atoms with Gasteiger partial charge in [-0.25, -0.2) is 18.3 Å². The molecule has 0 spiro atoms. The van der Waals surface area contributed by atoms with Crippen LogP contribution >= 0.6 is 0 Å². The number of nitrogens with zero attached hydrogens (tertiary/aromatic N) is 1. The number of rotatable bonds is 2. The van der Waals surface area contributed by atoms with E-state index in [-0.39, 0.29) is 5.75 Å². The highest BCUT2D eigenvalue weighted by molar-refractivity contribution is 7.89. The van der Waals surface area contributed by atoms with Gasteiger partial charge in [0.2, 0.25) is 0 Å². The highest BCUT2D eigenvalue weighted by Gasteiger charge is 2.13. The summed E-state index contributed by atoms with van der Waals surface area (Å²) in [6.45, 7) is 1.29. The summed E-state index contributed by atoms with van der Waals surface area (Å²) in [5, 5.41) is 9.52. The second-order valence-corrected chi connectivity index (χ2v) is 3.15. The molecule has 2 radical (unpaired) electrons. The molecule has 0 rings (SSSR count).